The molecule has 0 saturated heterocycles. The number of halogens is 2. The minimum absolute atomic E-state index is 0.0515. The van der Waals surface area contributed by atoms with Crippen LogP contribution in [0.2, 0.25) is 0 Å². The van der Waals surface area contributed by atoms with E-state index in [0.717, 1.165) is 53.8 Å². The normalized spacial score (nSPS) is 22.6. The summed E-state index contributed by atoms with van der Waals surface area (Å²) in [6.45, 7) is 3.73. The molecule has 0 bridgehead atoms. The van der Waals surface area contributed by atoms with Crippen LogP contribution in [0.25, 0.3) is 23.3 Å². The predicted octanol–water partition coefficient (Wildman–Crippen LogP) is 8.27. The molecule has 0 saturated carbocycles. The molecule has 204 valence electrons. The zero-order valence-corrected chi connectivity index (χ0v) is 25.4. The Kier molecular flexibility index (Phi) is 8.34. The van der Waals surface area contributed by atoms with Gasteiger partial charge >= 0.3 is 0 Å². The van der Waals surface area contributed by atoms with Crippen LogP contribution < -0.4 is 9.47 Å². The van der Waals surface area contributed by atoms with Crippen LogP contribution in [0.15, 0.2) is 106 Å². The van der Waals surface area contributed by atoms with Crippen molar-refractivity contribution in [3.05, 3.63) is 128 Å². The summed E-state index contributed by atoms with van der Waals surface area (Å²) in [6, 6.07) is 32.0. The minimum Gasteiger partial charge on any atom is -0.480 e. The zero-order valence-electron chi connectivity index (χ0n) is 22.3. The van der Waals surface area contributed by atoms with Crippen LogP contribution in [0.3, 0.4) is 0 Å². The Labute approximate surface area is 251 Å². The van der Waals surface area contributed by atoms with Crippen LogP contribution in [0.5, 0.6) is 11.5 Å². The second kappa shape index (κ2) is 11.8. The second-order valence-electron chi connectivity index (χ2n) is 10.2. The number of aliphatic hydroxyl groups excluding tert-OH is 2. The largest absolute Gasteiger partial charge is 0.480 e. The van der Waals surface area contributed by atoms with Gasteiger partial charge in [-0.1, -0.05) is 92.5 Å². The average Bonchev–Trinajstić information content (AvgIpc) is 3.42. The summed E-state index contributed by atoms with van der Waals surface area (Å²) in [5, 5.41) is 19.4. The molecule has 2 N–H and O–H groups in total. The van der Waals surface area contributed by atoms with Gasteiger partial charge in [0.1, 0.15) is 11.5 Å². The van der Waals surface area contributed by atoms with Crippen LogP contribution >= 0.6 is 31.9 Å². The zero-order chi connectivity index (χ0) is 28.3. The van der Waals surface area contributed by atoms with Crippen molar-refractivity contribution >= 4 is 55.2 Å². The molecule has 2 atom stereocenters. The maximum absolute atomic E-state index is 9.72. The first kappa shape index (κ1) is 28.4. The highest BCUT2D eigenvalue weighted by atomic mass is 79.9. The second-order valence-corrected chi connectivity index (χ2v) is 12.0. The first-order chi connectivity index (χ1) is 19.2. The number of aliphatic hydroxyl groups is 2. The van der Waals surface area contributed by atoms with Crippen LogP contribution in [-0.4, -0.2) is 34.6 Å². The fourth-order valence-electron chi connectivity index (χ4n) is 4.87. The van der Waals surface area contributed by atoms with Gasteiger partial charge in [-0.25, -0.2) is 0 Å². The number of hydrogen-bond donors (Lipinski definition) is 2. The molecule has 0 aromatic heterocycles. The van der Waals surface area contributed by atoms with Gasteiger partial charge in [-0.3, -0.25) is 0 Å². The molecule has 4 aromatic rings. The molecule has 2 aliphatic rings. The molecule has 2 heterocycles. The number of benzene rings is 4. The summed E-state index contributed by atoms with van der Waals surface area (Å²) < 4.78 is 13.9. The SMILES string of the molecule is C[C@]1(CO)Oc2ccccc2/C1=C/c1ccc(Br)cc1.C[C@]1(CO)Oc2ccccc2/C1=C/c1ccc(Br)cc1. The molecule has 4 aromatic carbocycles. The summed E-state index contributed by atoms with van der Waals surface area (Å²) in [6.07, 6.45) is 4.16. The molecule has 0 radical (unpaired) electrons. The van der Waals surface area contributed by atoms with E-state index in [2.05, 4.69) is 44.0 Å². The Morgan fingerprint density at radius 3 is 1.27 bits per heavy atom. The minimum atomic E-state index is -0.684. The van der Waals surface area contributed by atoms with Gasteiger partial charge in [-0.15, -0.1) is 0 Å². The van der Waals surface area contributed by atoms with Crippen molar-refractivity contribution in [2.24, 2.45) is 0 Å². The van der Waals surface area contributed by atoms with Gasteiger partial charge < -0.3 is 19.7 Å². The Morgan fingerprint density at radius 2 is 0.925 bits per heavy atom. The van der Waals surface area contributed by atoms with Crippen LogP contribution in [0.4, 0.5) is 0 Å². The van der Waals surface area contributed by atoms with Crippen LogP contribution in [0.1, 0.15) is 36.1 Å². The van der Waals surface area contributed by atoms with Gasteiger partial charge in [0.15, 0.2) is 11.2 Å². The molecular formula is C34H30Br2O4. The summed E-state index contributed by atoms with van der Waals surface area (Å²) in [7, 11) is 0. The highest BCUT2D eigenvalue weighted by Gasteiger charge is 2.40. The van der Waals surface area contributed by atoms with Gasteiger partial charge in [-0.05, 0) is 73.5 Å². The number of hydrogen-bond acceptors (Lipinski definition) is 4. The van der Waals surface area contributed by atoms with Crippen molar-refractivity contribution in [1.82, 2.24) is 0 Å². The third kappa shape index (κ3) is 5.81. The molecule has 0 fully saturated rings. The lowest BCUT2D eigenvalue weighted by atomic mass is 9.91. The molecule has 6 rings (SSSR count). The lowest BCUT2D eigenvalue weighted by Crippen LogP contribution is -2.33. The van der Waals surface area contributed by atoms with Crippen molar-refractivity contribution in [2.45, 2.75) is 25.0 Å². The van der Waals surface area contributed by atoms with Crippen molar-refractivity contribution in [3.8, 4) is 11.5 Å². The maximum atomic E-state index is 9.72. The monoisotopic (exact) mass is 660 g/mol. The Morgan fingerprint density at radius 1 is 0.575 bits per heavy atom. The van der Waals surface area contributed by atoms with Gasteiger partial charge in [0.25, 0.3) is 0 Å². The van der Waals surface area contributed by atoms with E-state index in [1.165, 1.54) is 0 Å². The summed E-state index contributed by atoms with van der Waals surface area (Å²) in [5.41, 5.74) is 4.93. The summed E-state index contributed by atoms with van der Waals surface area (Å²) in [4.78, 5) is 0. The summed E-state index contributed by atoms with van der Waals surface area (Å²) in [5.74, 6) is 1.65. The molecule has 0 spiro atoms. The number of para-hydroxylation sites is 2. The molecule has 4 nitrogen and oxygen atoms in total. The van der Waals surface area contributed by atoms with E-state index >= 15 is 0 Å². The van der Waals surface area contributed by atoms with Crippen molar-refractivity contribution < 1.29 is 19.7 Å². The van der Waals surface area contributed by atoms with Crippen LogP contribution in [-0.2, 0) is 0 Å². The molecule has 2 aliphatic heterocycles. The third-order valence-electron chi connectivity index (χ3n) is 7.13. The highest BCUT2D eigenvalue weighted by molar-refractivity contribution is 9.10. The van der Waals surface area contributed by atoms with E-state index in [0.29, 0.717) is 0 Å². The van der Waals surface area contributed by atoms with E-state index in [9.17, 15) is 10.2 Å². The van der Waals surface area contributed by atoms with E-state index in [1.807, 2.05) is 111 Å². The predicted molar refractivity (Wildman–Crippen MR) is 169 cm³/mol. The fraction of sp³-hybridized carbons (Fsp3) is 0.176. The van der Waals surface area contributed by atoms with E-state index in [4.69, 9.17) is 9.47 Å². The molecule has 0 amide bonds. The quantitative estimate of drug-likeness (QED) is 0.231. The lowest BCUT2D eigenvalue weighted by molar-refractivity contribution is 0.0857. The number of fused-ring (bicyclic) bond motifs is 2. The standard InChI is InChI=1S/2C17H15BrO2/c2*1-17(11-19)15(10-12-6-8-13(18)9-7-12)14-4-2-3-5-16(14)20-17/h2*2-10,19H,11H2,1H3/b2*15-10-/t2*17-/m11/s1. The molecular weight excluding hydrogens is 632 g/mol. The molecule has 0 aliphatic carbocycles. The van der Waals surface area contributed by atoms with Crippen LogP contribution in [0, 0.1) is 0 Å². The topological polar surface area (TPSA) is 58.9 Å². The summed E-state index contributed by atoms with van der Waals surface area (Å²) >= 11 is 6.87. The van der Waals surface area contributed by atoms with Gasteiger partial charge in [0.05, 0.1) is 13.2 Å². The van der Waals surface area contributed by atoms with Crippen molar-refractivity contribution in [3.63, 3.8) is 0 Å². The van der Waals surface area contributed by atoms with Crippen molar-refractivity contribution in [1.29, 1.82) is 0 Å². The maximum Gasteiger partial charge on any atom is 0.155 e. The highest BCUT2D eigenvalue weighted by Crippen LogP contribution is 2.45. The molecule has 0 unspecified atom stereocenters. The van der Waals surface area contributed by atoms with Crippen molar-refractivity contribution in [2.75, 3.05) is 13.2 Å². The fourth-order valence-corrected chi connectivity index (χ4v) is 5.40. The third-order valence-corrected chi connectivity index (χ3v) is 8.19. The average molecular weight is 662 g/mol. The Balaban J connectivity index is 0.000000161. The first-order valence-electron chi connectivity index (χ1n) is 13.0. The van der Waals surface area contributed by atoms with E-state index < -0.39 is 11.2 Å². The van der Waals surface area contributed by atoms with Gasteiger partial charge in [-0.2, -0.15) is 0 Å². The number of rotatable bonds is 4. The first-order valence-corrected chi connectivity index (χ1v) is 14.6. The van der Waals surface area contributed by atoms with E-state index in [1.54, 1.807) is 0 Å². The smallest absolute Gasteiger partial charge is 0.155 e. The van der Waals surface area contributed by atoms with Gasteiger partial charge in [0.2, 0.25) is 0 Å². The molecule has 6 heteroatoms. The number of ether oxygens (including phenoxy) is 2. The van der Waals surface area contributed by atoms with Gasteiger partial charge in [0, 0.05) is 31.2 Å². The Hall–Kier alpha value is -3.16. The Bertz CT molecular complexity index is 1440. The lowest BCUT2D eigenvalue weighted by Gasteiger charge is -2.23. The van der Waals surface area contributed by atoms with E-state index in [-0.39, 0.29) is 13.2 Å². The molecule has 40 heavy (non-hydrogen) atoms.